The molecule has 2 N–H and O–H groups in total. The number of ether oxygens (including phenoxy) is 1. The SMILES string of the molecule is CN1CCCc2cc(-c3cnc(N)c(C(=O)Cc4cnccc4N4CCOCC4)n3)ccc21. The van der Waals surface area contributed by atoms with Crippen LogP contribution < -0.4 is 15.5 Å². The van der Waals surface area contributed by atoms with Crippen LogP contribution in [0.4, 0.5) is 17.2 Å². The van der Waals surface area contributed by atoms with E-state index in [1.165, 1.54) is 11.3 Å². The molecule has 1 saturated heterocycles. The highest BCUT2D eigenvalue weighted by atomic mass is 16.5. The van der Waals surface area contributed by atoms with Crippen molar-refractivity contribution in [2.75, 3.05) is 55.4 Å². The molecule has 0 spiro atoms. The Labute approximate surface area is 193 Å². The van der Waals surface area contributed by atoms with Gasteiger partial charge in [0, 0.05) is 68.0 Å². The van der Waals surface area contributed by atoms with Gasteiger partial charge in [-0.05, 0) is 36.6 Å². The Morgan fingerprint density at radius 2 is 1.97 bits per heavy atom. The Balaban J connectivity index is 1.42. The maximum absolute atomic E-state index is 13.3. The van der Waals surface area contributed by atoms with Crippen molar-refractivity contribution in [3.05, 3.63) is 59.7 Å². The van der Waals surface area contributed by atoms with Gasteiger partial charge in [-0.2, -0.15) is 0 Å². The van der Waals surface area contributed by atoms with Crippen molar-refractivity contribution in [2.45, 2.75) is 19.3 Å². The van der Waals surface area contributed by atoms with Crippen LogP contribution in [0.5, 0.6) is 0 Å². The van der Waals surface area contributed by atoms with Gasteiger partial charge in [-0.15, -0.1) is 0 Å². The van der Waals surface area contributed by atoms with E-state index < -0.39 is 0 Å². The summed E-state index contributed by atoms with van der Waals surface area (Å²) >= 11 is 0. The number of hydrogen-bond acceptors (Lipinski definition) is 8. The standard InChI is InChI=1S/C25H28N6O2/c1-30-8-2-3-18-13-17(4-5-21(18)30)20-16-28-25(26)24(29-20)23(32)14-19-15-27-7-6-22(19)31-9-11-33-12-10-31/h4-7,13,15-16H,2-3,8-12,14H2,1H3,(H2,26,28). The lowest BCUT2D eigenvalue weighted by atomic mass is 9.98. The molecule has 0 unspecified atom stereocenters. The third-order valence-corrected chi connectivity index (χ3v) is 6.37. The highest BCUT2D eigenvalue weighted by Gasteiger charge is 2.21. The molecule has 0 saturated carbocycles. The minimum absolute atomic E-state index is 0.151. The normalized spacial score (nSPS) is 15.9. The smallest absolute Gasteiger partial charge is 0.189 e. The van der Waals surface area contributed by atoms with Crippen LogP contribution in [0.1, 0.15) is 28.0 Å². The molecule has 170 valence electrons. The lowest BCUT2D eigenvalue weighted by Gasteiger charge is -2.30. The van der Waals surface area contributed by atoms with Gasteiger partial charge in [0.15, 0.2) is 11.6 Å². The number of pyridine rings is 1. The maximum atomic E-state index is 13.3. The summed E-state index contributed by atoms with van der Waals surface area (Å²) in [6.07, 6.45) is 7.46. The van der Waals surface area contributed by atoms with Gasteiger partial charge in [0.25, 0.3) is 0 Å². The van der Waals surface area contributed by atoms with Gasteiger partial charge in [-0.1, -0.05) is 6.07 Å². The van der Waals surface area contributed by atoms with E-state index in [1.807, 2.05) is 12.1 Å². The molecular weight excluding hydrogens is 416 g/mol. The van der Waals surface area contributed by atoms with E-state index in [9.17, 15) is 4.79 Å². The first-order valence-electron chi connectivity index (χ1n) is 11.4. The van der Waals surface area contributed by atoms with Crippen molar-refractivity contribution in [1.82, 2.24) is 15.0 Å². The van der Waals surface area contributed by atoms with Crippen LogP contribution in [0.15, 0.2) is 42.9 Å². The summed E-state index contributed by atoms with van der Waals surface area (Å²) in [6.45, 7) is 3.99. The number of ketones is 1. The Bertz CT molecular complexity index is 1180. The number of hydrogen-bond donors (Lipinski definition) is 1. The lowest BCUT2D eigenvalue weighted by Crippen LogP contribution is -2.37. The number of fused-ring (bicyclic) bond motifs is 1. The molecule has 8 heteroatoms. The van der Waals surface area contributed by atoms with E-state index in [1.54, 1.807) is 18.6 Å². The molecule has 2 aliphatic rings. The summed E-state index contributed by atoms with van der Waals surface area (Å²) < 4.78 is 5.46. The zero-order valence-electron chi connectivity index (χ0n) is 18.8. The first kappa shape index (κ1) is 21.3. The quantitative estimate of drug-likeness (QED) is 0.600. The summed E-state index contributed by atoms with van der Waals surface area (Å²) in [7, 11) is 2.11. The van der Waals surface area contributed by atoms with E-state index >= 15 is 0 Å². The molecule has 33 heavy (non-hydrogen) atoms. The summed E-state index contributed by atoms with van der Waals surface area (Å²) in [5.74, 6) is -0.0136. The number of nitrogens with two attached hydrogens (primary N) is 1. The van der Waals surface area contributed by atoms with Crippen molar-refractivity contribution in [3.63, 3.8) is 0 Å². The summed E-state index contributed by atoms with van der Waals surface area (Å²) in [5.41, 5.74) is 12.3. The number of aryl methyl sites for hydroxylation is 1. The third-order valence-electron chi connectivity index (χ3n) is 6.37. The molecule has 0 amide bonds. The summed E-state index contributed by atoms with van der Waals surface area (Å²) in [4.78, 5) is 30.9. The molecular formula is C25H28N6O2. The molecule has 8 nitrogen and oxygen atoms in total. The fourth-order valence-corrected chi connectivity index (χ4v) is 4.61. The van der Waals surface area contributed by atoms with Crippen LogP contribution >= 0.6 is 0 Å². The van der Waals surface area contributed by atoms with Crippen molar-refractivity contribution < 1.29 is 9.53 Å². The number of rotatable bonds is 5. The predicted octanol–water partition coefficient (Wildman–Crippen LogP) is 2.77. The van der Waals surface area contributed by atoms with E-state index in [2.05, 4.69) is 43.9 Å². The fraction of sp³-hybridized carbons (Fsp3) is 0.360. The highest BCUT2D eigenvalue weighted by Crippen LogP contribution is 2.31. The number of Topliss-reactive ketones (excluding diaryl/α,β-unsaturated/α-hetero) is 1. The number of aromatic nitrogens is 3. The van der Waals surface area contributed by atoms with Gasteiger partial charge in [0.05, 0.1) is 25.1 Å². The first-order valence-corrected chi connectivity index (χ1v) is 11.4. The Morgan fingerprint density at radius 3 is 2.82 bits per heavy atom. The number of nitrogen functional groups attached to an aromatic ring is 1. The first-order chi connectivity index (χ1) is 16.1. The molecule has 1 aromatic carbocycles. The van der Waals surface area contributed by atoms with E-state index in [4.69, 9.17) is 10.5 Å². The average Bonchev–Trinajstić information content (AvgIpc) is 2.85. The minimum atomic E-state index is -0.165. The molecule has 0 aliphatic carbocycles. The largest absolute Gasteiger partial charge is 0.382 e. The second kappa shape index (κ2) is 9.15. The average molecular weight is 445 g/mol. The van der Waals surface area contributed by atoms with Crippen molar-refractivity contribution >= 4 is 23.0 Å². The summed E-state index contributed by atoms with van der Waals surface area (Å²) in [6, 6.07) is 8.25. The van der Waals surface area contributed by atoms with Crippen molar-refractivity contribution in [1.29, 1.82) is 0 Å². The fourth-order valence-electron chi connectivity index (χ4n) is 4.61. The zero-order chi connectivity index (χ0) is 22.8. The predicted molar refractivity (Wildman–Crippen MR) is 129 cm³/mol. The van der Waals surface area contributed by atoms with Crippen molar-refractivity contribution in [3.8, 4) is 11.3 Å². The van der Waals surface area contributed by atoms with Crippen molar-refractivity contribution in [2.24, 2.45) is 0 Å². The number of anilines is 3. The Morgan fingerprint density at radius 1 is 1.12 bits per heavy atom. The van der Waals surface area contributed by atoms with Crippen LogP contribution in [0.2, 0.25) is 0 Å². The van der Waals surface area contributed by atoms with E-state index in [0.29, 0.717) is 18.9 Å². The molecule has 1 fully saturated rings. The molecule has 0 bridgehead atoms. The van der Waals surface area contributed by atoms with Gasteiger partial charge in [-0.25, -0.2) is 9.97 Å². The second-order valence-corrected chi connectivity index (χ2v) is 8.56. The minimum Gasteiger partial charge on any atom is -0.382 e. The van der Waals surface area contributed by atoms with Crippen LogP contribution in [0, 0.1) is 0 Å². The van der Waals surface area contributed by atoms with Crippen LogP contribution in [-0.2, 0) is 17.6 Å². The number of morpholine rings is 1. The third kappa shape index (κ3) is 4.39. The van der Waals surface area contributed by atoms with Gasteiger partial charge < -0.3 is 20.3 Å². The maximum Gasteiger partial charge on any atom is 0.189 e. The molecule has 0 radical (unpaired) electrons. The van der Waals surface area contributed by atoms with Gasteiger partial charge in [0.2, 0.25) is 0 Å². The van der Waals surface area contributed by atoms with Gasteiger partial charge in [-0.3, -0.25) is 9.78 Å². The Hall–Kier alpha value is -3.52. The Kier molecular flexibility index (Phi) is 5.92. The molecule has 4 heterocycles. The highest BCUT2D eigenvalue weighted by molar-refractivity contribution is 6.00. The number of benzene rings is 1. The van der Waals surface area contributed by atoms with Crippen LogP contribution in [0.3, 0.4) is 0 Å². The second-order valence-electron chi connectivity index (χ2n) is 8.56. The van der Waals surface area contributed by atoms with Crippen LogP contribution in [-0.4, -0.2) is 60.6 Å². The number of carbonyl (C=O) groups excluding carboxylic acids is 1. The van der Waals surface area contributed by atoms with E-state index in [0.717, 1.165) is 49.3 Å². The monoisotopic (exact) mass is 444 g/mol. The molecule has 5 rings (SSSR count). The van der Waals surface area contributed by atoms with Crippen LogP contribution in [0.25, 0.3) is 11.3 Å². The molecule has 0 atom stereocenters. The molecule has 3 aromatic rings. The number of nitrogens with zero attached hydrogens (tertiary/aromatic N) is 5. The molecule has 2 aliphatic heterocycles. The van der Waals surface area contributed by atoms with Gasteiger partial charge >= 0.3 is 0 Å². The zero-order valence-corrected chi connectivity index (χ0v) is 18.8. The number of carbonyl (C=O) groups is 1. The van der Waals surface area contributed by atoms with E-state index in [-0.39, 0.29) is 23.7 Å². The topological polar surface area (TPSA) is 97.5 Å². The van der Waals surface area contributed by atoms with Gasteiger partial charge in [0.1, 0.15) is 5.69 Å². The molecule has 2 aromatic heterocycles. The lowest BCUT2D eigenvalue weighted by molar-refractivity contribution is 0.0988. The summed E-state index contributed by atoms with van der Waals surface area (Å²) in [5, 5.41) is 0.